The summed E-state index contributed by atoms with van der Waals surface area (Å²) in [5.41, 5.74) is 0. The van der Waals surface area contributed by atoms with E-state index in [0.717, 1.165) is 32.0 Å². The number of aryl methyl sites for hydroxylation is 1. The van der Waals surface area contributed by atoms with Crippen LogP contribution in [-0.4, -0.2) is 32.8 Å². The third-order valence-corrected chi connectivity index (χ3v) is 2.52. The molecule has 1 rings (SSSR count). The summed E-state index contributed by atoms with van der Waals surface area (Å²) in [4.78, 5) is 6.54. The van der Waals surface area contributed by atoms with Crippen LogP contribution in [0.4, 0.5) is 0 Å². The van der Waals surface area contributed by atoms with Crippen LogP contribution in [0.1, 0.15) is 33.0 Å². The normalized spacial score (nSPS) is 11.1. The molecule has 0 bridgehead atoms. The van der Waals surface area contributed by atoms with Crippen molar-refractivity contribution in [2.45, 2.75) is 40.3 Å². The van der Waals surface area contributed by atoms with Crippen LogP contribution in [0.2, 0.25) is 0 Å². The van der Waals surface area contributed by atoms with Crippen LogP contribution in [-0.2, 0) is 13.1 Å². The molecule has 0 aliphatic rings. The predicted molar refractivity (Wildman–Crippen MR) is 66.0 cm³/mol. The van der Waals surface area contributed by atoms with E-state index in [1.807, 2.05) is 4.68 Å². The van der Waals surface area contributed by atoms with Gasteiger partial charge in [0.05, 0.1) is 12.6 Å². The highest BCUT2D eigenvalue weighted by Gasteiger charge is 2.11. The molecule has 0 aliphatic carbocycles. The highest BCUT2D eigenvalue weighted by atomic mass is 15.3. The van der Waals surface area contributed by atoms with Crippen molar-refractivity contribution in [2.24, 2.45) is 5.92 Å². The van der Waals surface area contributed by atoms with Gasteiger partial charge in [-0.05, 0) is 12.8 Å². The summed E-state index contributed by atoms with van der Waals surface area (Å²) in [6, 6.07) is 2.20. The lowest BCUT2D eigenvalue weighted by atomic mass is 10.2. The molecule has 0 aromatic carbocycles. The summed E-state index contributed by atoms with van der Waals surface area (Å²) in [6.07, 6.45) is 2.16. The SMILES string of the molecule is CCn1ncnc1CN(CCC#N)CC(C)C. The summed E-state index contributed by atoms with van der Waals surface area (Å²) in [5.74, 6) is 1.57. The Morgan fingerprint density at radius 3 is 2.88 bits per heavy atom. The fourth-order valence-corrected chi connectivity index (χ4v) is 1.83. The van der Waals surface area contributed by atoms with Gasteiger partial charge in [-0.25, -0.2) is 9.67 Å². The van der Waals surface area contributed by atoms with Crippen LogP contribution in [0, 0.1) is 17.2 Å². The maximum absolute atomic E-state index is 8.67. The van der Waals surface area contributed by atoms with E-state index in [1.165, 1.54) is 0 Å². The predicted octanol–water partition coefficient (Wildman–Crippen LogP) is 1.67. The van der Waals surface area contributed by atoms with Crippen molar-refractivity contribution in [3.05, 3.63) is 12.2 Å². The van der Waals surface area contributed by atoms with Gasteiger partial charge in [0.25, 0.3) is 0 Å². The topological polar surface area (TPSA) is 57.7 Å². The van der Waals surface area contributed by atoms with Gasteiger partial charge >= 0.3 is 0 Å². The maximum atomic E-state index is 8.67. The first-order valence-corrected chi connectivity index (χ1v) is 6.13. The van der Waals surface area contributed by atoms with Crippen molar-refractivity contribution in [3.63, 3.8) is 0 Å². The molecule has 0 unspecified atom stereocenters. The van der Waals surface area contributed by atoms with Crippen LogP contribution in [0.5, 0.6) is 0 Å². The Hall–Kier alpha value is -1.41. The molecule has 0 amide bonds. The third kappa shape index (κ3) is 4.53. The monoisotopic (exact) mass is 235 g/mol. The minimum atomic E-state index is 0.562. The number of nitrogens with zero attached hydrogens (tertiary/aromatic N) is 5. The average Bonchev–Trinajstić information content (AvgIpc) is 2.72. The Bertz CT molecular complexity index is 363. The molecule has 0 saturated carbocycles. The minimum Gasteiger partial charge on any atom is -0.295 e. The van der Waals surface area contributed by atoms with Gasteiger partial charge in [0.15, 0.2) is 0 Å². The van der Waals surface area contributed by atoms with E-state index in [1.54, 1.807) is 6.33 Å². The number of aromatic nitrogens is 3. The summed E-state index contributed by atoms with van der Waals surface area (Å²) in [6.45, 7) is 9.81. The van der Waals surface area contributed by atoms with Gasteiger partial charge in [0, 0.05) is 26.1 Å². The van der Waals surface area contributed by atoms with E-state index in [0.29, 0.717) is 12.3 Å². The molecule has 1 aromatic heterocycles. The standard InChI is InChI=1S/C12H21N5/c1-4-17-12(14-10-15-17)9-16(7-5-6-13)8-11(2)3/h10-11H,4-5,7-9H2,1-3H3. The van der Waals surface area contributed by atoms with Crippen molar-refractivity contribution in [1.29, 1.82) is 5.26 Å². The molecule has 5 heteroatoms. The summed E-state index contributed by atoms with van der Waals surface area (Å²) in [7, 11) is 0. The van der Waals surface area contributed by atoms with E-state index < -0.39 is 0 Å². The minimum absolute atomic E-state index is 0.562. The summed E-state index contributed by atoms with van der Waals surface area (Å²) in [5, 5.41) is 12.8. The second-order valence-corrected chi connectivity index (χ2v) is 4.53. The van der Waals surface area contributed by atoms with Crippen LogP contribution in [0.25, 0.3) is 0 Å². The zero-order chi connectivity index (χ0) is 12.7. The zero-order valence-corrected chi connectivity index (χ0v) is 10.9. The molecule has 5 nitrogen and oxygen atoms in total. The van der Waals surface area contributed by atoms with Gasteiger partial charge in [0.1, 0.15) is 12.2 Å². The molecule has 0 aliphatic heterocycles. The van der Waals surface area contributed by atoms with Crippen molar-refractivity contribution < 1.29 is 0 Å². The largest absolute Gasteiger partial charge is 0.295 e. The smallest absolute Gasteiger partial charge is 0.140 e. The van der Waals surface area contributed by atoms with E-state index in [4.69, 9.17) is 5.26 Å². The Morgan fingerprint density at radius 1 is 1.53 bits per heavy atom. The van der Waals surface area contributed by atoms with Gasteiger partial charge in [-0.3, -0.25) is 4.90 Å². The number of hydrogen-bond donors (Lipinski definition) is 0. The molecule has 0 N–H and O–H groups in total. The van der Waals surface area contributed by atoms with Crippen molar-refractivity contribution in [2.75, 3.05) is 13.1 Å². The van der Waals surface area contributed by atoms with Gasteiger partial charge < -0.3 is 0 Å². The Morgan fingerprint density at radius 2 is 2.29 bits per heavy atom. The zero-order valence-electron chi connectivity index (χ0n) is 10.9. The lowest BCUT2D eigenvalue weighted by molar-refractivity contribution is 0.231. The molecular weight excluding hydrogens is 214 g/mol. The van der Waals surface area contributed by atoms with Crippen molar-refractivity contribution in [3.8, 4) is 6.07 Å². The molecule has 0 fully saturated rings. The molecule has 94 valence electrons. The Kier molecular flexibility index (Phi) is 5.64. The average molecular weight is 235 g/mol. The van der Waals surface area contributed by atoms with Gasteiger partial charge in [-0.2, -0.15) is 10.4 Å². The first kappa shape index (κ1) is 13.7. The molecule has 0 atom stereocenters. The first-order valence-electron chi connectivity index (χ1n) is 6.13. The maximum Gasteiger partial charge on any atom is 0.140 e. The van der Waals surface area contributed by atoms with Crippen LogP contribution in [0.15, 0.2) is 6.33 Å². The molecule has 0 radical (unpaired) electrons. The van der Waals surface area contributed by atoms with E-state index in [-0.39, 0.29) is 0 Å². The van der Waals surface area contributed by atoms with Gasteiger partial charge in [-0.1, -0.05) is 13.8 Å². The third-order valence-electron chi connectivity index (χ3n) is 2.52. The van der Waals surface area contributed by atoms with Crippen molar-refractivity contribution >= 4 is 0 Å². The highest BCUT2D eigenvalue weighted by Crippen LogP contribution is 2.06. The van der Waals surface area contributed by atoms with Crippen LogP contribution in [0.3, 0.4) is 0 Å². The van der Waals surface area contributed by atoms with Crippen molar-refractivity contribution in [1.82, 2.24) is 19.7 Å². The second kappa shape index (κ2) is 7.02. The highest BCUT2D eigenvalue weighted by molar-refractivity contribution is 4.85. The van der Waals surface area contributed by atoms with Crippen LogP contribution < -0.4 is 0 Å². The Balaban J connectivity index is 2.61. The molecule has 0 spiro atoms. The summed E-state index contributed by atoms with van der Waals surface area (Å²) >= 11 is 0. The summed E-state index contributed by atoms with van der Waals surface area (Å²) < 4.78 is 1.90. The quantitative estimate of drug-likeness (QED) is 0.721. The fourth-order valence-electron chi connectivity index (χ4n) is 1.83. The van der Waals surface area contributed by atoms with Gasteiger partial charge in [0.2, 0.25) is 0 Å². The lowest BCUT2D eigenvalue weighted by Crippen LogP contribution is -2.29. The molecular formula is C12H21N5. The van der Waals surface area contributed by atoms with E-state index in [2.05, 4.69) is 41.8 Å². The van der Waals surface area contributed by atoms with Crippen LogP contribution >= 0.6 is 0 Å². The Labute approximate surface area is 103 Å². The number of nitriles is 1. The lowest BCUT2D eigenvalue weighted by Gasteiger charge is -2.22. The second-order valence-electron chi connectivity index (χ2n) is 4.53. The molecule has 0 saturated heterocycles. The number of rotatable bonds is 7. The molecule has 1 heterocycles. The molecule has 17 heavy (non-hydrogen) atoms. The fraction of sp³-hybridized carbons (Fsp3) is 0.750. The number of hydrogen-bond acceptors (Lipinski definition) is 4. The van der Waals surface area contributed by atoms with E-state index in [9.17, 15) is 0 Å². The van der Waals surface area contributed by atoms with Gasteiger partial charge in [-0.15, -0.1) is 0 Å². The first-order chi connectivity index (χ1) is 8.17. The van der Waals surface area contributed by atoms with E-state index >= 15 is 0 Å². The molecule has 1 aromatic rings.